The van der Waals surface area contributed by atoms with Gasteiger partial charge in [0.2, 0.25) is 5.91 Å². The van der Waals surface area contributed by atoms with Crippen molar-refractivity contribution in [1.82, 2.24) is 10.2 Å². The number of para-hydroxylation sites is 1. The SMILES string of the molecule is COc1ccccc1CC(=O)NCCN1C(=O)S/C(=C/c2ccccc2)C1=O. The summed E-state index contributed by atoms with van der Waals surface area (Å²) in [6, 6.07) is 16.6. The van der Waals surface area contributed by atoms with Crippen molar-refractivity contribution >= 4 is 34.9 Å². The lowest BCUT2D eigenvalue weighted by Gasteiger charge is -2.13. The predicted octanol–water partition coefficient (Wildman–Crippen LogP) is 3.09. The summed E-state index contributed by atoms with van der Waals surface area (Å²) in [5.74, 6) is 0.115. The lowest BCUT2D eigenvalue weighted by atomic mass is 10.1. The van der Waals surface area contributed by atoms with Gasteiger partial charge in [0, 0.05) is 18.7 Å². The number of benzene rings is 2. The van der Waals surface area contributed by atoms with Crippen LogP contribution in [0.15, 0.2) is 59.5 Å². The molecular weight excluding hydrogens is 376 g/mol. The van der Waals surface area contributed by atoms with Crippen molar-refractivity contribution in [3.05, 3.63) is 70.6 Å². The Morgan fingerprint density at radius 2 is 1.82 bits per heavy atom. The minimum Gasteiger partial charge on any atom is -0.496 e. The van der Waals surface area contributed by atoms with Crippen molar-refractivity contribution in [2.45, 2.75) is 6.42 Å². The van der Waals surface area contributed by atoms with Crippen LogP contribution in [0.4, 0.5) is 4.79 Å². The van der Waals surface area contributed by atoms with Gasteiger partial charge in [-0.2, -0.15) is 0 Å². The number of nitrogens with one attached hydrogen (secondary N) is 1. The normalized spacial score (nSPS) is 15.2. The second-order valence-corrected chi connectivity index (χ2v) is 7.08. The zero-order valence-electron chi connectivity index (χ0n) is 15.4. The molecule has 28 heavy (non-hydrogen) atoms. The van der Waals surface area contributed by atoms with Gasteiger partial charge in [0.15, 0.2) is 0 Å². The number of amides is 3. The first-order valence-corrected chi connectivity index (χ1v) is 9.59. The van der Waals surface area contributed by atoms with Gasteiger partial charge in [-0.05, 0) is 29.5 Å². The topological polar surface area (TPSA) is 75.7 Å². The van der Waals surface area contributed by atoms with Crippen molar-refractivity contribution in [3.63, 3.8) is 0 Å². The number of imide groups is 1. The molecule has 1 aliphatic heterocycles. The van der Waals surface area contributed by atoms with E-state index in [0.29, 0.717) is 10.7 Å². The molecule has 1 heterocycles. The fourth-order valence-electron chi connectivity index (χ4n) is 2.79. The number of carbonyl (C=O) groups is 3. The molecule has 2 aromatic carbocycles. The fraction of sp³-hybridized carbons (Fsp3) is 0.190. The van der Waals surface area contributed by atoms with Crippen molar-refractivity contribution in [2.75, 3.05) is 20.2 Å². The second-order valence-electron chi connectivity index (χ2n) is 6.08. The molecular formula is C21H20N2O4S. The van der Waals surface area contributed by atoms with E-state index in [2.05, 4.69) is 5.32 Å². The standard InChI is InChI=1S/C21H20N2O4S/c1-27-17-10-6-5-9-16(17)14-19(24)22-11-12-23-20(25)18(28-21(23)26)13-15-7-3-2-4-8-15/h2-10,13H,11-12,14H2,1H3,(H,22,24)/b18-13+. The second kappa shape index (κ2) is 9.23. The largest absolute Gasteiger partial charge is 0.496 e. The van der Waals surface area contributed by atoms with Crippen molar-refractivity contribution in [3.8, 4) is 5.75 Å². The van der Waals surface area contributed by atoms with Crippen molar-refractivity contribution < 1.29 is 19.1 Å². The molecule has 0 saturated carbocycles. The van der Waals surface area contributed by atoms with Gasteiger partial charge >= 0.3 is 0 Å². The summed E-state index contributed by atoms with van der Waals surface area (Å²) in [5, 5.41) is 2.42. The Balaban J connectivity index is 1.53. The highest BCUT2D eigenvalue weighted by molar-refractivity contribution is 8.18. The number of thioether (sulfide) groups is 1. The van der Waals surface area contributed by atoms with Crippen LogP contribution in [-0.4, -0.2) is 42.2 Å². The van der Waals surface area contributed by atoms with Gasteiger partial charge in [-0.15, -0.1) is 0 Å². The van der Waals surface area contributed by atoms with Crippen molar-refractivity contribution in [1.29, 1.82) is 0 Å². The highest BCUT2D eigenvalue weighted by Crippen LogP contribution is 2.31. The summed E-state index contributed by atoms with van der Waals surface area (Å²) < 4.78 is 5.23. The maximum Gasteiger partial charge on any atom is 0.293 e. The average molecular weight is 396 g/mol. The number of carbonyl (C=O) groups excluding carboxylic acids is 3. The molecule has 3 amide bonds. The highest BCUT2D eigenvalue weighted by Gasteiger charge is 2.34. The average Bonchev–Trinajstić information content (AvgIpc) is 2.96. The Morgan fingerprint density at radius 3 is 2.57 bits per heavy atom. The molecule has 0 aromatic heterocycles. The van der Waals surface area contributed by atoms with E-state index in [1.54, 1.807) is 19.3 Å². The molecule has 0 unspecified atom stereocenters. The molecule has 2 aromatic rings. The molecule has 7 heteroatoms. The minimum atomic E-state index is -0.335. The van der Waals surface area contributed by atoms with Crippen LogP contribution in [0.25, 0.3) is 6.08 Å². The van der Waals surface area contributed by atoms with Crippen LogP contribution in [0, 0.1) is 0 Å². The third kappa shape index (κ3) is 4.80. The molecule has 1 N–H and O–H groups in total. The van der Waals surface area contributed by atoms with Crippen LogP contribution in [0.5, 0.6) is 5.75 Å². The van der Waals surface area contributed by atoms with Gasteiger partial charge in [-0.25, -0.2) is 0 Å². The monoisotopic (exact) mass is 396 g/mol. The van der Waals surface area contributed by atoms with Gasteiger partial charge in [0.1, 0.15) is 5.75 Å². The molecule has 0 atom stereocenters. The smallest absolute Gasteiger partial charge is 0.293 e. The summed E-state index contributed by atoms with van der Waals surface area (Å²) in [5.41, 5.74) is 1.64. The van der Waals surface area contributed by atoms with E-state index >= 15 is 0 Å². The van der Waals surface area contributed by atoms with Gasteiger partial charge in [0.05, 0.1) is 18.4 Å². The third-order valence-electron chi connectivity index (χ3n) is 4.17. The number of nitrogens with zero attached hydrogens (tertiary/aromatic N) is 1. The first kappa shape index (κ1) is 19.7. The van der Waals surface area contributed by atoms with Gasteiger partial charge in [0.25, 0.3) is 11.1 Å². The molecule has 1 saturated heterocycles. The van der Waals surface area contributed by atoms with Crippen LogP contribution in [0.1, 0.15) is 11.1 Å². The van der Waals surface area contributed by atoms with Gasteiger partial charge in [-0.1, -0.05) is 48.5 Å². The van der Waals surface area contributed by atoms with E-state index in [1.165, 1.54) is 0 Å². The first-order chi connectivity index (χ1) is 13.6. The highest BCUT2D eigenvalue weighted by atomic mass is 32.2. The van der Waals surface area contributed by atoms with E-state index in [9.17, 15) is 14.4 Å². The van der Waals surface area contributed by atoms with Crippen molar-refractivity contribution in [2.24, 2.45) is 0 Å². The van der Waals surface area contributed by atoms with Crippen LogP contribution >= 0.6 is 11.8 Å². The number of rotatable bonds is 7. The quantitative estimate of drug-likeness (QED) is 0.728. The number of hydrogen-bond donors (Lipinski definition) is 1. The molecule has 0 bridgehead atoms. The molecule has 3 rings (SSSR count). The van der Waals surface area contributed by atoms with E-state index in [-0.39, 0.29) is 36.6 Å². The van der Waals surface area contributed by atoms with Gasteiger partial charge in [-0.3, -0.25) is 19.3 Å². The molecule has 1 fully saturated rings. The Hall–Kier alpha value is -3.06. The van der Waals surface area contributed by atoms with E-state index in [4.69, 9.17) is 4.74 Å². The first-order valence-electron chi connectivity index (χ1n) is 8.77. The van der Waals surface area contributed by atoms with Gasteiger partial charge < -0.3 is 10.1 Å². The van der Waals surface area contributed by atoms with E-state index in [0.717, 1.165) is 27.8 Å². The number of hydrogen-bond acceptors (Lipinski definition) is 5. The zero-order valence-corrected chi connectivity index (χ0v) is 16.2. The molecule has 144 valence electrons. The Labute approximate surface area is 167 Å². The molecule has 0 radical (unpaired) electrons. The lowest BCUT2D eigenvalue weighted by molar-refractivity contribution is -0.124. The summed E-state index contributed by atoms with van der Waals surface area (Å²) >= 11 is 0.912. The minimum absolute atomic E-state index is 0.133. The summed E-state index contributed by atoms with van der Waals surface area (Å²) in [7, 11) is 1.56. The summed E-state index contributed by atoms with van der Waals surface area (Å²) in [4.78, 5) is 38.3. The summed E-state index contributed by atoms with van der Waals surface area (Å²) in [6.07, 6.45) is 1.87. The molecule has 0 spiro atoms. The zero-order chi connectivity index (χ0) is 19.9. The third-order valence-corrected chi connectivity index (χ3v) is 5.08. The number of methoxy groups -OCH3 is 1. The van der Waals surface area contributed by atoms with Crippen LogP contribution in [0.2, 0.25) is 0 Å². The lowest BCUT2D eigenvalue weighted by Crippen LogP contribution is -2.37. The molecule has 6 nitrogen and oxygen atoms in total. The summed E-state index contributed by atoms with van der Waals surface area (Å²) in [6.45, 7) is 0.332. The van der Waals surface area contributed by atoms with E-state index in [1.807, 2.05) is 48.5 Å². The maximum absolute atomic E-state index is 12.5. The fourth-order valence-corrected chi connectivity index (χ4v) is 3.65. The Kier molecular flexibility index (Phi) is 6.49. The van der Waals surface area contributed by atoms with Crippen LogP contribution < -0.4 is 10.1 Å². The Morgan fingerprint density at radius 1 is 1.11 bits per heavy atom. The van der Waals surface area contributed by atoms with Crippen LogP contribution in [-0.2, 0) is 16.0 Å². The predicted molar refractivity (Wildman–Crippen MR) is 109 cm³/mol. The molecule has 1 aliphatic rings. The molecule has 0 aliphatic carbocycles. The maximum atomic E-state index is 12.5. The number of ether oxygens (including phenoxy) is 1. The van der Waals surface area contributed by atoms with Crippen LogP contribution in [0.3, 0.4) is 0 Å². The van der Waals surface area contributed by atoms with E-state index < -0.39 is 0 Å². The Bertz CT molecular complexity index is 912.